The van der Waals surface area contributed by atoms with Gasteiger partial charge >= 0.3 is 6.03 Å². The van der Waals surface area contributed by atoms with E-state index in [1.165, 1.54) is 16.2 Å². The van der Waals surface area contributed by atoms with Crippen molar-refractivity contribution in [1.82, 2.24) is 15.1 Å². The van der Waals surface area contributed by atoms with Crippen LogP contribution < -0.4 is 11.1 Å². The monoisotopic (exact) mass is 333 g/mol. The first-order chi connectivity index (χ1) is 11.0. The van der Waals surface area contributed by atoms with Gasteiger partial charge in [-0.3, -0.25) is 14.7 Å². The van der Waals surface area contributed by atoms with E-state index >= 15 is 0 Å². The summed E-state index contributed by atoms with van der Waals surface area (Å²) in [6, 6.07) is 3.02. The number of thiophene rings is 1. The molecule has 3 amide bonds. The zero-order valence-corrected chi connectivity index (χ0v) is 13.0. The van der Waals surface area contributed by atoms with Gasteiger partial charge in [-0.2, -0.15) is 5.10 Å². The van der Waals surface area contributed by atoms with Crippen LogP contribution in [0.5, 0.6) is 0 Å². The van der Waals surface area contributed by atoms with E-state index in [4.69, 9.17) is 5.73 Å². The molecule has 2 aromatic heterocycles. The number of Topliss-reactive ketones (excluding diaryl/α,β-unsaturated/α-hetero) is 1. The number of ketones is 1. The average Bonchev–Trinajstić information content (AvgIpc) is 3.22. The summed E-state index contributed by atoms with van der Waals surface area (Å²) in [4.78, 5) is 37.1. The van der Waals surface area contributed by atoms with Crippen molar-refractivity contribution in [3.8, 4) is 0 Å². The molecule has 0 fully saturated rings. The highest BCUT2D eigenvalue weighted by atomic mass is 32.1. The molecule has 0 aliphatic carbocycles. The van der Waals surface area contributed by atoms with E-state index in [2.05, 4.69) is 15.5 Å². The van der Waals surface area contributed by atoms with E-state index < -0.39 is 6.03 Å². The largest absolute Gasteiger partial charge is 0.351 e. The van der Waals surface area contributed by atoms with Crippen molar-refractivity contribution in [2.24, 2.45) is 5.73 Å². The fourth-order valence-corrected chi connectivity index (χ4v) is 3.07. The molecule has 120 valence electrons. The van der Waals surface area contributed by atoms with E-state index in [0.717, 1.165) is 5.56 Å². The Bertz CT molecular complexity index is 753. The average molecular weight is 333 g/mol. The van der Waals surface area contributed by atoms with Gasteiger partial charge in [-0.05, 0) is 11.4 Å². The van der Waals surface area contributed by atoms with E-state index in [0.29, 0.717) is 29.5 Å². The smallest absolute Gasteiger partial charge is 0.315 e. The number of H-pyrrole nitrogens is 1. The number of aromatic nitrogens is 2. The predicted molar refractivity (Wildman–Crippen MR) is 83.9 cm³/mol. The lowest BCUT2D eigenvalue weighted by molar-refractivity contribution is -0.116. The van der Waals surface area contributed by atoms with Gasteiger partial charge in [0.1, 0.15) is 5.82 Å². The number of nitrogens with one attached hydrogen (secondary N) is 2. The number of aromatic amines is 1. The number of carbonyl (C=O) groups excluding carboxylic acids is 3. The molecule has 0 saturated heterocycles. The number of carbonyl (C=O) groups is 3. The maximum Gasteiger partial charge on any atom is 0.315 e. The van der Waals surface area contributed by atoms with Gasteiger partial charge in [-0.1, -0.05) is 6.07 Å². The number of fused-ring (bicyclic) bond motifs is 1. The highest BCUT2D eigenvalue weighted by molar-refractivity contribution is 7.12. The number of primary amides is 1. The Labute approximate surface area is 135 Å². The Morgan fingerprint density at radius 3 is 2.87 bits per heavy atom. The lowest BCUT2D eigenvalue weighted by Gasteiger charge is -2.11. The van der Waals surface area contributed by atoms with Crippen LogP contribution in [0.1, 0.15) is 33.8 Å². The number of amides is 3. The van der Waals surface area contributed by atoms with Crippen LogP contribution in [0.4, 0.5) is 10.6 Å². The minimum atomic E-state index is -0.526. The fourth-order valence-electron chi connectivity index (χ4n) is 2.38. The van der Waals surface area contributed by atoms with Crippen LogP contribution in [-0.2, 0) is 17.9 Å². The van der Waals surface area contributed by atoms with Crippen molar-refractivity contribution in [2.45, 2.75) is 25.9 Å². The second kappa shape index (κ2) is 6.21. The molecule has 23 heavy (non-hydrogen) atoms. The van der Waals surface area contributed by atoms with Gasteiger partial charge < -0.3 is 16.0 Å². The lowest BCUT2D eigenvalue weighted by Crippen LogP contribution is -2.31. The topological polar surface area (TPSA) is 121 Å². The Morgan fingerprint density at radius 1 is 1.35 bits per heavy atom. The molecule has 0 bridgehead atoms. The Balaban J connectivity index is 1.56. The Kier molecular flexibility index (Phi) is 4.11. The maximum absolute atomic E-state index is 12.0. The van der Waals surface area contributed by atoms with Gasteiger partial charge in [0.05, 0.1) is 23.7 Å². The fraction of sp³-hybridized carbons (Fsp3) is 0.286. The summed E-state index contributed by atoms with van der Waals surface area (Å²) in [6.45, 7) is 0.638. The van der Waals surface area contributed by atoms with Crippen LogP contribution in [-0.4, -0.2) is 32.8 Å². The highest BCUT2D eigenvalue weighted by Crippen LogP contribution is 2.26. The summed E-state index contributed by atoms with van der Waals surface area (Å²) in [5.41, 5.74) is 6.68. The highest BCUT2D eigenvalue weighted by Gasteiger charge is 2.27. The molecule has 2 aromatic rings. The molecular weight excluding hydrogens is 318 g/mol. The number of rotatable bonds is 5. The van der Waals surface area contributed by atoms with Crippen molar-refractivity contribution in [1.29, 1.82) is 0 Å². The van der Waals surface area contributed by atoms with Gasteiger partial charge in [-0.25, -0.2) is 4.79 Å². The summed E-state index contributed by atoms with van der Waals surface area (Å²) in [5.74, 6) is 0.126. The predicted octanol–water partition coefficient (Wildman–Crippen LogP) is 1.47. The maximum atomic E-state index is 12.0. The van der Waals surface area contributed by atoms with Crippen LogP contribution in [0.2, 0.25) is 0 Å². The van der Waals surface area contributed by atoms with E-state index in [1.54, 1.807) is 12.1 Å². The number of urea groups is 1. The zero-order chi connectivity index (χ0) is 16.4. The van der Waals surface area contributed by atoms with Crippen LogP contribution in [0.15, 0.2) is 17.5 Å². The van der Waals surface area contributed by atoms with Gasteiger partial charge in [0.15, 0.2) is 5.78 Å². The van der Waals surface area contributed by atoms with Crippen molar-refractivity contribution >= 4 is 34.9 Å². The molecule has 0 aromatic carbocycles. The van der Waals surface area contributed by atoms with Gasteiger partial charge in [0.25, 0.3) is 0 Å². The minimum absolute atomic E-state index is 0.0510. The summed E-state index contributed by atoms with van der Waals surface area (Å²) >= 11 is 1.36. The normalized spacial score (nSPS) is 13.0. The Morgan fingerprint density at radius 2 is 2.17 bits per heavy atom. The first kappa shape index (κ1) is 15.2. The zero-order valence-electron chi connectivity index (χ0n) is 12.2. The molecule has 0 unspecified atom stereocenters. The third-order valence-electron chi connectivity index (χ3n) is 3.59. The molecule has 8 nitrogen and oxygen atoms in total. The second-order valence-corrected chi connectivity index (χ2v) is 6.11. The number of hydrogen-bond donors (Lipinski definition) is 3. The third kappa shape index (κ3) is 3.24. The molecule has 0 radical (unpaired) electrons. The van der Waals surface area contributed by atoms with Crippen molar-refractivity contribution < 1.29 is 14.4 Å². The number of nitrogens with two attached hydrogens (primary N) is 1. The number of nitrogens with zero attached hydrogens (tertiary/aromatic N) is 2. The molecule has 0 spiro atoms. The second-order valence-electron chi connectivity index (χ2n) is 5.17. The molecule has 9 heteroatoms. The van der Waals surface area contributed by atoms with E-state index in [-0.39, 0.29) is 24.5 Å². The van der Waals surface area contributed by atoms with Crippen molar-refractivity contribution in [3.05, 3.63) is 33.6 Å². The van der Waals surface area contributed by atoms with E-state index in [9.17, 15) is 14.4 Å². The molecule has 3 heterocycles. The number of anilines is 1. The lowest BCUT2D eigenvalue weighted by atomic mass is 10.2. The van der Waals surface area contributed by atoms with Crippen molar-refractivity contribution in [3.63, 3.8) is 0 Å². The summed E-state index contributed by atoms with van der Waals surface area (Å²) < 4.78 is 0. The van der Waals surface area contributed by atoms with Crippen LogP contribution in [0.3, 0.4) is 0 Å². The molecule has 1 aliphatic rings. The summed E-state index contributed by atoms with van der Waals surface area (Å²) in [6.07, 6.45) is 0.236. The number of hydrogen-bond acceptors (Lipinski definition) is 5. The first-order valence-corrected chi connectivity index (χ1v) is 7.89. The SMILES string of the molecule is NC(=O)N1Cc2n[nH]c(NC(=O)CCC(=O)c3cccs3)c2C1. The van der Waals surface area contributed by atoms with Crippen LogP contribution in [0.25, 0.3) is 0 Å². The molecule has 4 N–H and O–H groups in total. The van der Waals surface area contributed by atoms with Gasteiger partial charge in [0, 0.05) is 18.4 Å². The van der Waals surface area contributed by atoms with Crippen LogP contribution in [0, 0.1) is 0 Å². The van der Waals surface area contributed by atoms with Gasteiger partial charge in [0.2, 0.25) is 5.91 Å². The Hall–Kier alpha value is -2.68. The van der Waals surface area contributed by atoms with E-state index in [1.807, 2.05) is 5.38 Å². The molecule has 1 aliphatic heterocycles. The summed E-state index contributed by atoms with van der Waals surface area (Å²) in [5, 5.41) is 11.3. The standard InChI is InChI=1S/C14H15N5O3S/c15-14(22)19-6-8-9(7-19)17-18-13(8)16-12(21)4-3-10(20)11-2-1-5-23-11/h1-2,5H,3-4,6-7H2,(H2,15,22)(H2,16,17,18,21). The minimum Gasteiger partial charge on any atom is -0.351 e. The first-order valence-electron chi connectivity index (χ1n) is 7.01. The molecule has 0 saturated carbocycles. The van der Waals surface area contributed by atoms with Crippen LogP contribution >= 0.6 is 11.3 Å². The third-order valence-corrected chi connectivity index (χ3v) is 4.50. The molecular formula is C14H15N5O3S. The molecule has 3 rings (SSSR count). The summed E-state index contributed by atoms with van der Waals surface area (Å²) in [7, 11) is 0. The molecule has 0 atom stereocenters. The quantitative estimate of drug-likeness (QED) is 0.717. The van der Waals surface area contributed by atoms with Crippen molar-refractivity contribution in [2.75, 3.05) is 5.32 Å². The van der Waals surface area contributed by atoms with Gasteiger partial charge in [-0.15, -0.1) is 11.3 Å².